The van der Waals surface area contributed by atoms with Crippen molar-refractivity contribution in [3.63, 3.8) is 0 Å². The maximum Gasteiger partial charge on any atom is 0.242 e. The van der Waals surface area contributed by atoms with Crippen LogP contribution in [0.4, 0.5) is 5.82 Å². The Balaban J connectivity index is 1.76. The fourth-order valence-corrected chi connectivity index (χ4v) is 4.32. The van der Waals surface area contributed by atoms with Crippen molar-refractivity contribution < 1.29 is 13.2 Å². The number of morpholine rings is 1. The zero-order chi connectivity index (χ0) is 15.7. The molecule has 1 saturated carbocycles. The second-order valence-corrected chi connectivity index (χ2v) is 7.83. The summed E-state index contributed by atoms with van der Waals surface area (Å²) in [6, 6.07) is 1.53. The molecule has 2 heterocycles. The minimum Gasteiger partial charge on any atom is -0.378 e. The highest BCUT2D eigenvalue weighted by molar-refractivity contribution is 7.89. The van der Waals surface area contributed by atoms with Crippen molar-refractivity contribution in [2.75, 3.05) is 31.2 Å². The van der Waals surface area contributed by atoms with Crippen LogP contribution >= 0.6 is 11.6 Å². The monoisotopic (exact) mass is 345 g/mol. The third-order valence-corrected chi connectivity index (χ3v) is 5.91. The van der Waals surface area contributed by atoms with Gasteiger partial charge in [0.05, 0.1) is 18.2 Å². The van der Waals surface area contributed by atoms with Crippen LogP contribution in [0.25, 0.3) is 0 Å². The molecule has 0 aromatic carbocycles. The summed E-state index contributed by atoms with van der Waals surface area (Å²) in [4.78, 5) is 6.38. The highest BCUT2D eigenvalue weighted by atomic mass is 35.5. The lowest BCUT2D eigenvalue weighted by atomic mass is 10.3. The van der Waals surface area contributed by atoms with Gasteiger partial charge in [0, 0.05) is 25.3 Å². The standard InChI is InChI=1S/C14H20ClN3O3S/c1-2-10-7-13(10)17-22(19,20)11-8-12(15)14(16-9-11)18-3-5-21-6-4-18/h8-10,13,17H,2-7H2,1H3/t10-,13-/m1/s1. The number of hydrogen-bond acceptors (Lipinski definition) is 5. The van der Waals surface area contributed by atoms with E-state index in [-0.39, 0.29) is 10.9 Å². The number of nitrogens with one attached hydrogen (secondary N) is 1. The minimum absolute atomic E-state index is 0.0488. The van der Waals surface area contributed by atoms with Crippen molar-refractivity contribution in [1.82, 2.24) is 9.71 Å². The van der Waals surface area contributed by atoms with Crippen molar-refractivity contribution >= 4 is 27.4 Å². The molecule has 0 unspecified atom stereocenters. The van der Waals surface area contributed by atoms with E-state index in [9.17, 15) is 8.42 Å². The maximum atomic E-state index is 12.3. The van der Waals surface area contributed by atoms with Crippen LogP contribution in [0.15, 0.2) is 17.2 Å². The van der Waals surface area contributed by atoms with Crippen LogP contribution in [0.3, 0.4) is 0 Å². The normalized spacial score (nSPS) is 25.3. The molecule has 122 valence electrons. The molecule has 2 aliphatic rings. The first-order valence-corrected chi connectivity index (χ1v) is 9.38. The molecule has 0 spiro atoms. The van der Waals surface area contributed by atoms with Crippen LogP contribution in [-0.2, 0) is 14.8 Å². The van der Waals surface area contributed by atoms with E-state index >= 15 is 0 Å². The van der Waals surface area contributed by atoms with Gasteiger partial charge in [-0.3, -0.25) is 0 Å². The van der Waals surface area contributed by atoms with Crippen LogP contribution in [0.1, 0.15) is 19.8 Å². The van der Waals surface area contributed by atoms with Gasteiger partial charge in [-0.25, -0.2) is 18.1 Å². The Morgan fingerprint density at radius 1 is 1.45 bits per heavy atom. The minimum atomic E-state index is -3.55. The molecule has 1 aromatic heterocycles. The Hall–Kier alpha value is -0.890. The van der Waals surface area contributed by atoms with E-state index in [1.165, 1.54) is 12.3 Å². The quantitative estimate of drug-likeness (QED) is 0.878. The second-order valence-electron chi connectivity index (χ2n) is 5.71. The molecule has 1 aromatic rings. The number of halogens is 1. The number of ether oxygens (including phenoxy) is 1. The molecule has 0 radical (unpaired) electrons. The molecule has 3 rings (SSSR count). The number of rotatable bonds is 5. The van der Waals surface area contributed by atoms with Crippen molar-refractivity contribution in [2.24, 2.45) is 5.92 Å². The summed E-state index contributed by atoms with van der Waals surface area (Å²) in [5.74, 6) is 1.06. The summed E-state index contributed by atoms with van der Waals surface area (Å²) < 4.78 is 32.7. The molecule has 8 heteroatoms. The molecule has 2 fully saturated rings. The molecule has 0 bridgehead atoms. The van der Waals surface area contributed by atoms with Gasteiger partial charge in [-0.1, -0.05) is 24.9 Å². The predicted molar refractivity (Wildman–Crippen MR) is 84.8 cm³/mol. The van der Waals surface area contributed by atoms with Gasteiger partial charge < -0.3 is 9.64 Å². The molecule has 1 aliphatic heterocycles. The van der Waals surface area contributed by atoms with Gasteiger partial charge in [-0.15, -0.1) is 0 Å². The van der Waals surface area contributed by atoms with Gasteiger partial charge in [-0.05, 0) is 18.4 Å². The Morgan fingerprint density at radius 2 is 2.18 bits per heavy atom. The topological polar surface area (TPSA) is 71.5 Å². The van der Waals surface area contributed by atoms with Crippen molar-refractivity contribution in [1.29, 1.82) is 0 Å². The Bertz CT molecular complexity index is 647. The van der Waals surface area contributed by atoms with Crippen LogP contribution in [0.2, 0.25) is 5.02 Å². The lowest BCUT2D eigenvalue weighted by Crippen LogP contribution is -2.37. The lowest BCUT2D eigenvalue weighted by molar-refractivity contribution is 0.122. The van der Waals surface area contributed by atoms with Crippen LogP contribution in [0, 0.1) is 5.92 Å². The summed E-state index contributed by atoms with van der Waals surface area (Å²) in [6.07, 6.45) is 3.27. The smallest absolute Gasteiger partial charge is 0.242 e. The van der Waals surface area contributed by atoms with Gasteiger partial charge in [0.15, 0.2) is 0 Å². The van der Waals surface area contributed by atoms with Crippen LogP contribution < -0.4 is 9.62 Å². The van der Waals surface area contributed by atoms with E-state index in [1.54, 1.807) is 0 Å². The summed E-state index contributed by atoms with van der Waals surface area (Å²) in [5, 5.41) is 0.354. The van der Waals surface area contributed by atoms with Gasteiger partial charge in [0.2, 0.25) is 10.0 Å². The summed E-state index contributed by atoms with van der Waals surface area (Å²) in [6.45, 7) is 4.72. The number of sulfonamides is 1. The van der Waals surface area contributed by atoms with E-state index in [0.717, 1.165) is 12.8 Å². The Labute approximate surface area is 135 Å². The molecule has 22 heavy (non-hydrogen) atoms. The maximum absolute atomic E-state index is 12.3. The number of hydrogen-bond donors (Lipinski definition) is 1. The summed E-state index contributed by atoms with van der Waals surface area (Å²) >= 11 is 6.24. The predicted octanol–water partition coefficient (Wildman–Crippen LogP) is 1.65. The highest BCUT2D eigenvalue weighted by Crippen LogP contribution is 2.35. The first-order valence-electron chi connectivity index (χ1n) is 7.52. The molecule has 1 saturated heterocycles. The van der Waals surface area contributed by atoms with Gasteiger partial charge >= 0.3 is 0 Å². The molecule has 1 N–H and O–H groups in total. The number of pyridine rings is 1. The van der Waals surface area contributed by atoms with Gasteiger partial charge in [0.1, 0.15) is 10.7 Å². The zero-order valence-corrected chi connectivity index (χ0v) is 14.0. The molecule has 2 atom stereocenters. The third-order valence-electron chi connectivity index (χ3n) is 4.17. The second kappa shape index (κ2) is 6.31. The summed E-state index contributed by atoms with van der Waals surface area (Å²) in [5.41, 5.74) is 0. The fraction of sp³-hybridized carbons (Fsp3) is 0.643. The number of anilines is 1. The SMILES string of the molecule is CC[C@@H]1C[C@H]1NS(=O)(=O)c1cnc(N2CCOCC2)c(Cl)c1. The van der Waals surface area contributed by atoms with Gasteiger partial charge in [0.25, 0.3) is 0 Å². The van der Waals surface area contributed by atoms with E-state index in [1.807, 2.05) is 4.90 Å². The lowest BCUT2D eigenvalue weighted by Gasteiger charge is -2.28. The average molecular weight is 346 g/mol. The van der Waals surface area contributed by atoms with Crippen molar-refractivity contribution in [3.05, 3.63) is 17.3 Å². The fourth-order valence-electron chi connectivity index (χ4n) is 2.68. The van der Waals surface area contributed by atoms with Crippen LogP contribution in [0.5, 0.6) is 0 Å². The van der Waals surface area contributed by atoms with Gasteiger partial charge in [-0.2, -0.15) is 0 Å². The van der Waals surface area contributed by atoms with E-state index in [4.69, 9.17) is 16.3 Å². The first kappa shape index (κ1) is 16.0. The first-order chi connectivity index (χ1) is 10.5. The molecular weight excluding hydrogens is 326 g/mol. The molecule has 0 amide bonds. The molecule has 1 aliphatic carbocycles. The Kier molecular flexibility index (Phi) is 4.59. The summed E-state index contributed by atoms with van der Waals surface area (Å²) in [7, 11) is -3.55. The number of nitrogens with zero attached hydrogens (tertiary/aromatic N) is 2. The van der Waals surface area contributed by atoms with E-state index in [2.05, 4.69) is 16.6 Å². The van der Waals surface area contributed by atoms with E-state index in [0.29, 0.717) is 43.1 Å². The molecule has 6 nitrogen and oxygen atoms in total. The van der Waals surface area contributed by atoms with Crippen LogP contribution in [-0.4, -0.2) is 45.7 Å². The van der Waals surface area contributed by atoms with Crippen molar-refractivity contribution in [2.45, 2.75) is 30.7 Å². The van der Waals surface area contributed by atoms with Crippen molar-refractivity contribution in [3.8, 4) is 0 Å². The molecular formula is C14H20ClN3O3S. The highest BCUT2D eigenvalue weighted by Gasteiger charge is 2.38. The largest absolute Gasteiger partial charge is 0.378 e. The third kappa shape index (κ3) is 3.37. The van der Waals surface area contributed by atoms with E-state index < -0.39 is 10.0 Å². The number of aromatic nitrogens is 1. The zero-order valence-electron chi connectivity index (χ0n) is 12.5. The Morgan fingerprint density at radius 3 is 2.77 bits per heavy atom. The average Bonchev–Trinajstić information content (AvgIpc) is 3.25.